The number of rotatable bonds is 9. The van der Waals surface area contributed by atoms with Crippen LogP contribution in [0.5, 0.6) is 0 Å². The summed E-state index contributed by atoms with van der Waals surface area (Å²) in [5, 5.41) is 0. The topological polar surface area (TPSA) is 40.6 Å². The zero-order valence-electron chi connectivity index (χ0n) is 13.1. The van der Waals surface area contributed by atoms with E-state index in [4.69, 9.17) is 0 Å². The molecule has 0 aromatic heterocycles. The molecule has 1 aliphatic heterocycles. The minimum atomic E-state index is -0.328. The number of nitrogens with zero attached hydrogens (tertiary/aromatic N) is 2. The van der Waals surface area contributed by atoms with Crippen molar-refractivity contribution in [2.45, 2.75) is 39.2 Å². The average molecular weight is 290 g/mol. The molecule has 0 spiro atoms. The van der Waals surface area contributed by atoms with Crippen LogP contribution in [0.3, 0.4) is 0 Å². The molecule has 4 heteroatoms. The Kier molecular flexibility index (Phi) is 7.51. The van der Waals surface area contributed by atoms with Crippen molar-refractivity contribution in [1.82, 2.24) is 9.80 Å². The highest BCUT2D eigenvalue weighted by Gasteiger charge is 2.36. The predicted octanol–water partition coefficient (Wildman–Crippen LogP) is 3.17. The van der Waals surface area contributed by atoms with Crippen molar-refractivity contribution in [2.24, 2.45) is 0 Å². The molecule has 4 nitrogen and oxygen atoms in total. The normalized spacial score (nSPS) is 19.6. The Labute approximate surface area is 127 Å². The summed E-state index contributed by atoms with van der Waals surface area (Å²) < 4.78 is 0. The van der Waals surface area contributed by atoms with Gasteiger partial charge in [0, 0.05) is 19.6 Å². The Balaban J connectivity index is 2.64. The van der Waals surface area contributed by atoms with E-state index in [2.05, 4.69) is 13.5 Å². The number of carbonyl (C=O) groups is 2. The van der Waals surface area contributed by atoms with Crippen LogP contribution in [0, 0.1) is 0 Å². The van der Waals surface area contributed by atoms with Crippen molar-refractivity contribution in [3.05, 3.63) is 36.5 Å². The molecular weight excluding hydrogens is 264 g/mol. The first-order valence-electron chi connectivity index (χ1n) is 7.59. The molecule has 21 heavy (non-hydrogen) atoms. The molecule has 1 unspecified atom stereocenters. The molecule has 0 aromatic rings. The van der Waals surface area contributed by atoms with E-state index in [1.54, 1.807) is 15.9 Å². The van der Waals surface area contributed by atoms with E-state index >= 15 is 0 Å². The van der Waals surface area contributed by atoms with Gasteiger partial charge in [0.1, 0.15) is 12.3 Å². The zero-order chi connectivity index (χ0) is 15.7. The first kappa shape index (κ1) is 17.2. The molecule has 0 bridgehead atoms. The minimum Gasteiger partial charge on any atom is -0.322 e. The standard InChI is InChI=1S/C17H26N2O2/c1-4-6-8-10-15(3)12-19-16(14-20)13-18(17(19)21)11-9-7-5-2/h4,6,8,10,14,16H,1,5,7,9,11-13H2,2-3H3/b8-6-,15-10+. The van der Waals surface area contributed by atoms with Gasteiger partial charge < -0.3 is 14.6 Å². The fourth-order valence-corrected chi connectivity index (χ4v) is 2.39. The van der Waals surface area contributed by atoms with Gasteiger partial charge in [-0.25, -0.2) is 4.79 Å². The van der Waals surface area contributed by atoms with Gasteiger partial charge >= 0.3 is 6.03 Å². The second-order valence-electron chi connectivity index (χ2n) is 5.40. The highest BCUT2D eigenvalue weighted by Crippen LogP contribution is 2.17. The van der Waals surface area contributed by atoms with Crippen molar-refractivity contribution in [2.75, 3.05) is 19.6 Å². The lowest BCUT2D eigenvalue weighted by Crippen LogP contribution is -2.37. The van der Waals surface area contributed by atoms with Gasteiger partial charge in [0.15, 0.2) is 0 Å². The zero-order valence-corrected chi connectivity index (χ0v) is 13.1. The third kappa shape index (κ3) is 5.21. The summed E-state index contributed by atoms with van der Waals surface area (Å²) in [6, 6.07) is -0.352. The first-order chi connectivity index (χ1) is 10.1. The van der Waals surface area contributed by atoms with E-state index in [0.717, 1.165) is 37.7 Å². The third-order valence-electron chi connectivity index (χ3n) is 3.56. The van der Waals surface area contributed by atoms with Gasteiger partial charge in [-0.1, -0.05) is 56.2 Å². The van der Waals surface area contributed by atoms with Crippen molar-refractivity contribution >= 4 is 12.3 Å². The number of carbonyl (C=O) groups excluding carboxylic acids is 2. The molecule has 1 atom stereocenters. The van der Waals surface area contributed by atoms with Gasteiger partial charge in [-0.15, -0.1) is 0 Å². The molecule has 116 valence electrons. The minimum absolute atomic E-state index is 0.0244. The van der Waals surface area contributed by atoms with E-state index in [9.17, 15) is 9.59 Å². The van der Waals surface area contributed by atoms with Crippen LogP contribution in [0.2, 0.25) is 0 Å². The molecule has 1 saturated heterocycles. The summed E-state index contributed by atoms with van der Waals surface area (Å²) in [4.78, 5) is 27.0. The summed E-state index contributed by atoms with van der Waals surface area (Å²) in [6.45, 7) is 9.46. The van der Waals surface area contributed by atoms with Gasteiger partial charge in [-0.2, -0.15) is 0 Å². The van der Waals surface area contributed by atoms with Crippen LogP contribution in [-0.4, -0.2) is 47.8 Å². The summed E-state index contributed by atoms with van der Waals surface area (Å²) in [5.74, 6) is 0. The Morgan fingerprint density at radius 2 is 2.14 bits per heavy atom. The van der Waals surface area contributed by atoms with Crippen LogP contribution in [0.25, 0.3) is 0 Å². The Morgan fingerprint density at radius 1 is 1.38 bits per heavy atom. The maximum atomic E-state index is 12.4. The SMILES string of the molecule is C=C/C=C\C=C(/C)CN1C(=O)N(CCCCC)CC1C=O. The van der Waals surface area contributed by atoms with E-state index in [1.807, 2.05) is 25.2 Å². The van der Waals surface area contributed by atoms with E-state index < -0.39 is 0 Å². The van der Waals surface area contributed by atoms with Crippen LogP contribution in [0.1, 0.15) is 33.1 Å². The van der Waals surface area contributed by atoms with Gasteiger partial charge in [0.05, 0.1) is 0 Å². The smallest absolute Gasteiger partial charge is 0.321 e. The lowest BCUT2D eigenvalue weighted by atomic mass is 10.2. The number of hydrogen-bond acceptors (Lipinski definition) is 2. The van der Waals surface area contributed by atoms with Crippen molar-refractivity contribution < 1.29 is 9.59 Å². The van der Waals surface area contributed by atoms with Crippen molar-refractivity contribution in [1.29, 1.82) is 0 Å². The van der Waals surface area contributed by atoms with E-state index in [1.165, 1.54) is 0 Å². The van der Waals surface area contributed by atoms with Gasteiger partial charge in [-0.3, -0.25) is 0 Å². The molecule has 0 aromatic carbocycles. The molecule has 0 radical (unpaired) electrons. The molecule has 1 heterocycles. The monoisotopic (exact) mass is 290 g/mol. The summed E-state index contributed by atoms with van der Waals surface area (Å²) in [7, 11) is 0. The van der Waals surface area contributed by atoms with E-state index in [0.29, 0.717) is 13.1 Å². The summed E-state index contributed by atoms with van der Waals surface area (Å²) >= 11 is 0. The number of urea groups is 1. The molecule has 1 aliphatic rings. The maximum Gasteiger partial charge on any atom is 0.321 e. The highest BCUT2D eigenvalue weighted by molar-refractivity contribution is 5.82. The quantitative estimate of drug-likeness (QED) is 0.372. The number of unbranched alkanes of at least 4 members (excludes halogenated alkanes) is 2. The van der Waals surface area contributed by atoms with Crippen LogP contribution in [0.15, 0.2) is 36.5 Å². The number of aldehydes is 1. The Bertz CT molecular complexity index is 427. The molecular formula is C17H26N2O2. The molecule has 0 aliphatic carbocycles. The maximum absolute atomic E-state index is 12.4. The van der Waals surface area contributed by atoms with Crippen molar-refractivity contribution in [3.63, 3.8) is 0 Å². The van der Waals surface area contributed by atoms with Crippen LogP contribution in [0.4, 0.5) is 4.79 Å². The summed E-state index contributed by atoms with van der Waals surface area (Å²) in [6.07, 6.45) is 11.5. The van der Waals surface area contributed by atoms with Crippen LogP contribution in [-0.2, 0) is 4.79 Å². The Morgan fingerprint density at radius 3 is 2.76 bits per heavy atom. The van der Waals surface area contributed by atoms with Crippen LogP contribution < -0.4 is 0 Å². The van der Waals surface area contributed by atoms with E-state index in [-0.39, 0.29) is 12.1 Å². The summed E-state index contributed by atoms with van der Waals surface area (Å²) in [5.41, 5.74) is 1.05. The molecule has 1 rings (SSSR count). The third-order valence-corrected chi connectivity index (χ3v) is 3.56. The largest absolute Gasteiger partial charge is 0.322 e. The fraction of sp³-hybridized carbons (Fsp3) is 0.529. The van der Waals surface area contributed by atoms with Gasteiger partial charge in [0.2, 0.25) is 0 Å². The molecule has 1 fully saturated rings. The number of allylic oxidation sites excluding steroid dienone is 4. The van der Waals surface area contributed by atoms with Crippen molar-refractivity contribution in [3.8, 4) is 0 Å². The lowest BCUT2D eigenvalue weighted by Gasteiger charge is -2.20. The second kappa shape index (κ2) is 9.16. The second-order valence-corrected chi connectivity index (χ2v) is 5.40. The Hall–Kier alpha value is -1.84. The molecule has 2 amide bonds. The van der Waals surface area contributed by atoms with Gasteiger partial charge in [-0.05, 0) is 13.3 Å². The lowest BCUT2D eigenvalue weighted by molar-refractivity contribution is -0.110. The average Bonchev–Trinajstić information content (AvgIpc) is 2.76. The number of hydrogen-bond donors (Lipinski definition) is 0. The fourth-order valence-electron chi connectivity index (χ4n) is 2.39. The van der Waals surface area contributed by atoms with Crippen LogP contribution >= 0.6 is 0 Å². The molecule has 0 saturated carbocycles. The highest BCUT2D eigenvalue weighted by atomic mass is 16.2. The first-order valence-corrected chi connectivity index (χ1v) is 7.59. The number of amides is 2. The molecule has 0 N–H and O–H groups in total. The predicted molar refractivity (Wildman–Crippen MR) is 86.1 cm³/mol. The van der Waals surface area contributed by atoms with Gasteiger partial charge in [0.25, 0.3) is 0 Å².